The smallest absolute Gasteiger partial charge is 0.281 e. The predicted molar refractivity (Wildman–Crippen MR) is 111 cm³/mol. The standard InChI is InChI=1S/C19H22BrN3O2S/c1-4-13(5-2)18(24)21-15-8-6-7-14(11-15)12(3)22-23-19(25)16-9-10-17(20)26-16/h6-11,13H,4-5H2,1-3H3,(H,21,24)(H,23,25)/b22-12-. The molecule has 0 saturated heterocycles. The first-order valence-electron chi connectivity index (χ1n) is 8.45. The third kappa shape index (κ3) is 5.51. The number of amides is 2. The SMILES string of the molecule is CCC(CC)C(=O)Nc1cccc(/C(C)=N\NC(=O)c2ccc(Br)s2)c1. The van der Waals surface area contributed by atoms with Crippen LogP contribution in [-0.2, 0) is 4.79 Å². The molecule has 0 saturated carbocycles. The van der Waals surface area contributed by atoms with Gasteiger partial charge in [-0.05, 0) is 65.5 Å². The normalized spacial score (nSPS) is 11.5. The van der Waals surface area contributed by atoms with Crippen molar-refractivity contribution in [3.63, 3.8) is 0 Å². The molecule has 138 valence electrons. The van der Waals surface area contributed by atoms with Crippen molar-refractivity contribution >= 4 is 50.5 Å². The summed E-state index contributed by atoms with van der Waals surface area (Å²) in [6.07, 6.45) is 1.63. The average molecular weight is 436 g/mol. The summed E-state index contributed by atoms with van der Waals surface area (Å²) in [6.45, 7) is 5.83. The van der Waals surface area contributed by atoms with Crippen molar-refractivity contribution < 1.29 is 9.59 Å². The second-order valence-corrected chi connectivity index (χ2v) is 8.29. The maximum atomic E-state index is 12.2. The molecule has 0 spiro atoms. The van der Waals surface area contributed by atoms with E-state index < -0.39 is 0 Å². The highest BCUT2D eigenvalue weighted by Gasteiger charge is 2.14. The van der Waals surface area contributed by atoms with Crippen LogP contribution in [0.3, 0.4) is 0 Å². The molecular formula is C19H22BrN3O2S. The summed E-state index contributed by atoms with van der Waals surface area (Å²) < 4.78 is 0.893. The van der Waals surface area contributed by atoms with Crippen molar-refractivity contribution in [1.29, 1.82) is 0 Å². The lowest BCUT2D eigenvalue weighted by Crippen LogP contribution is -2.21. The van der Waals surface area contributed by atoms with Gasteiger partial charge in [-0.15, -0.1) is 11.3 Å². The molecule has 0 bridgehead atoms. The second-order valence-electron chi connectivity index (χ2n) is 5.83. The van der Waals surface area contributed by atoms with Gasteiger partial charge < -0.3 is 5.32 Å². The zero-order valence-corrected chi connectivity index (χ0v) is 17.4. The van der Waals surface area contributed by atoms with Crippen LogP contribution in [0.4, 0.5) is 5.69 Å². The number of hydrogen-bond donors (Lipinski definition) is 2. The fraction of sp³-hybridized carbons (Fsp3) is 0.316. The van der Waals surface area contributed by atoms with Gasteiger partial charge in [-0.2, -0.15) is 5.10 Å². The molecule has 0 aliphatic heterocycles. The maximum absolute atomic E-state index is 12.2. The first-order chi connectivity index (χ1) is 12.4. The Morgan fingerprint density at radius 2 is 1.92 bits per heavy atom. The number of hydrogen-bond acceptors (Lipinski definition) is 4. The van der Waals surface area contributed by atoms with Crippen molar-refractivity contribution in [1.82, 2.24) is 5.43 Å². The molecule has 1 heterocycles. The zero-order chi connectivity index (χ0) is 19.1. The average Bonchev–Trinajstić information content (AvgIpc) is 3.07. The van der Waals surface area contributed by atoms with Gasteiger partial charge in [0.05, 0.1) is 14.4 Å². The van der Waals surface area contributed by atoms with Crippen LogP contribution in [0, 0.1) is 5.92 Å². The second kappa shape index (κ2) is 9.64. The van der Waals surface area contributed by atoms with E-state index in [4.69, 9.17) is 0 Å². The number of carbonyl (C=O) groups excluding carboxylic acids is 2. The quantitative estimate of drug-likeness (QED) is 0.472. The molecule has 2 rings (SSSR count). The van der Waals surface area contributed by atoms with E-state index in [1.54, 1.807) is 6.07 Å². The molecule has 0 atom stereocenters. The third-order valence-corrected chi connectivity index (χ3v) is 5.65. The fourth-order valence-corrected chi connectivity index (χ4v) is 3.69. The summed E-state index contributed by atoms with van der Waals surface area (Å²) in [7, 11) is 0. The van der Waals surface area contributed by atoms with Gasteiger partial charge in [0, 0.05) is 11.6 Å². The minimum Gasteiger partial charge on any atom is -0.326 e. The Bertz CT molecular complexity index is 813. The van der Waals surface area contributed by atoms with E-state index in [2.05, 4.69) is 31.8 Å². The molecule has 2 amide bonds. The molecular weight excluding hydrogens is 414 g/mol. The Balaban J connectivity index is 2.06. The highest BCUT2D eigenvalue weighted by molar-refractivity contribution is 9.11. The van der Waals surface area contributed by atoms with E-state index in [1.165, 1.54) is 11.3 Å². The van der Waals surface area contributed by atoms with Crippen molar-refractivity contribution in [3.05, 3.63) is 50.6 Å². The lowest BCUT2D eigenvalue weighted by Gasteiger charge is -2.13. The number of benzene rings is 1. The Morgan fingerprint density at radius 1 is 1.19 bits per heavy atom. The van der Waals surface area contributed by atoms with Crippen LogP contribution < -0.4 is 10.7 Å². The predicted octanol–water partition coefficient (Wildman–Crippen LogP) is 5.04. The summed E-state index contributed by atoms with van der Waals surface area (Å²) in [4.78, 5) is 24.9. The Kier molecular flexibility index (Phi) is 7.53. The number of rotatable bonds is 7. The highest BCUT2D eigenvalue weighted by Crippen LogP contribution is 2.22. The third-order valence-electron chi connectivity index (χ3n) is 4.03. The summed E-state index contributed by atoms with van der Waals surface area (Å²) in [5.41, 5.74) is 4.78. The molecule has 5 nitrogen and oxygen atoms in total. The van der Waals surface area contributed by atoms with Gasteiger partial charge in [0.25, 0.3) is 5.91 Å². The number of thiophene rings is 1. The van der Waals surface area contributed by atoms with E-state index in [9.17, 15) is 9.59 Å². The Labute approximate surface area is 166 Å². The topological polar surface area (TPSA) is 70.6 Å². The molecule has 0 aliphatic carbocycles. The van der Waals surface area contributed by atoms with E-state index >= 15 is 0 Å². The summed E-state index contributed by atoms with van der Waals surface area (Å²) in [6, 6.07) is 11.0. The minimum atomic E-state index is -0.252. The monoisotopic (exact) mass is 435 g/mol. The lowest BCUT2D eigenvalue weighted by molar-refractivity contribution is -0.120. The molecule has 7 heteroatoms. The van der Waals surface area contributed by atoms with Gasteiger partial charge in [0.2, 0.25) is 5.91 Å². The number of anilines is 1. The van der Waals surface area contributed by atoms with Crippen LogP contribution in [0.5, 0.6) is 0 Å². The molecule has 0 unspecified atom stereocenters. The summed E-state index contributed by atoms with van der Waals surface area (Å²) >= 11 is 4.68. The van der Waals surface area contributed by atoms with Crippen LogP contribution in [0.15, 0.2) is 45.3 Å². The molecule has 0 fully saturated rings. The molecule has 26 heavy (non-hydrogen) atoms. The fourth-order valence-electron chi connectivity index (χ4n) is 2.42. The Hall–Kier alpha value is -1.99. The molecule has 1 aromatic heterocycles. The van der Waals surface area contributed by atoms with Gasteiger partial charge >= 0.3 is 0 Å². The van der Waals surface area contributed by atoms with Gasteiger partial charge in [0.15, 0.2) is 0 Å². The first-order valence-corrected chi connectivity index (χ1v) is 10.1. The van der Waals surface area contributed by atoms with Crippen LogP contribution >= 0.6 is 27.3 Å². The molecule has 0 aliphatic rings. The van der Waals surface area contributed by atoms with E-state index in [0.717, 1.165) is 27.9 Å². The summed E-state index contributed by atoms with van der Waals surface area (Å²) in [5.74, 6) is -0.214. The molecule has 2 aromatic rings. The van der Waals surface area contributed by atoms with Crippen LogP contribution in [0.1, 0.15) is 48.8 Å². The van der Waals surface area contributed by atoms with Crippen molar-refractivity contribution in [2.45, 2.75) is 33.6 Å². The molecule has 0 radical (unpaired) electrons. The highest BCUT2D eigenvalue weighted by atomic mass is 79.9. The molecule has 2 N–H and O–H groups in total. The molecule has 1 aromatic carbocycles. The number of halogens is 1. The van der Waals surface area contributed by atoms with E-state index in [1.807, 2.05) is 51.1 Å². The number of carbonyl (C=O) groups is 2. The van der Waals surface area contributed by atoms with Crippen molar-refractivity contribution in [3.8, 4) is 0 Å². The largest absolute Gasteiger partial charge is 0.326 e. The first kappa shape index (κ1) is 20.3. The lowest BCUT2D eigenvalue weighted by atomic mass is 10.0. The zero-order valence-electron chi connectivity index (χ0n) is 15.0. The number of nitrogens with zero attached hydrogens (tertiary/aromatic N) is 1. The van der Waals surface area contributed by atoms with Crippen molar-refractivity contribution in [2.24, 2.45) is 11.0 Å². The maximum Gasteiger partial charge on any atom is 0.281 e. The summed E-state index contributed by atoms with van der Waals surface area (Å²) in [5, 5.41) is 7.11. The van der Waals surface area contributed by atoms with Crippen LogP contribution in [-0.4, -0.2) is 17.5 Å². The number of nitrogens with one attached hydrogen (secondary N) is 2. The van der Waals surface area contributed by atoms with Gasteiger partial charge in [-0.25, -0.2) is 5.43 Å². The van der Waals surface area contributed by atoms with Crippen LogP contribution in [0.2, 0.25) is 0 Å². The Morgan fingerprint density at radius 3 is 2.54 bits per heavy atom. The van der Waals surface area contributed by atoms with E-state index in [0.29, 0.717) is 10.6 Å². The van der Waals surface area contributed by atoms with Gasteiger partial charge in [-0.3, -0.25) is 9.59 Å². The van der Waals surface area contributed by atoms with Gasteiger partial charge in [-0.1, -0.05) is 26.0 Å². The van der Waals surface area contributed by atoms with Gasteiger partial charge in [0.1, 0.15) is 0 Å². The van der Waals surface area contributed by atoms with Crippen LogP contribution in [0.25, 0.3) is 0 Å². The number of hydrazone groups is 1. The minimum absolute atomic E-state index is 0.0119. The van der Waals surface area contributed by atoms with E-state index in [-0.39, 0.29) is 17.7 Å². The van der Waals surface area contributed by atoms with Crippen molar-refractivity contribution in [2.75, 3.05) is 5.32 Å².